The molecule has 0 aliphatic carbocycles. The fourth-order valence-electron chi connectivity index (χ4n) is 2.22. The van der Waals surface area contributed by atoms with E-state index in [0.717, 1.165) is 12.8 Å². The van der Waals surface area contributed by atoms with E-state index in [1.165, 1.54) is 22.3 Å². The van der Waals surface area contributed by atoms with Crippen LogP contribution in [0.4, 0.5) is 0 Å². The lowest BCUT2D eigenvalue weighted by Gasteiger charge is -2.04. The Morgan fingerprint density at radius 3 is 1.95 bits per heavy atom. The van der Waals surface area contributed by atoms with E-state index in [2.05, 4.69) is 71.4 Å². The molecule has 3 rings (SSSR count). The molecular weight excluding hydrogens is 248 g/mol. The molecule has 1 heterocycles. The molecule has 0 aliphatic heterocycles. The minimum atomic E-state index is 0.979. The minimum Gasteiger partial charge on any atom is -0.142 e. The number of rotatable bonds is 4. The maximum Gasteiger partial charge on any atom is 0.0483 e. The van der Waals surface area contributed by atoms with Crippen LogP contribution in [0.3, 0.4) is 0 Å². The first-order valence-corrected chi connectivity index (χ1v) is 7.34. The summed E-state index contributed by atoms with van der Waals surface area (Å²) in [6, 6.07) is 21.2. The highest BCUT2D eigenvalue weighted by Gasteiger charge is 2.06. The summed E-state index contributed by atoms with van der Waals surface area (Å²) >= 11 is 1.68. The van der Waals surface area contributed by atoms with Crippen molar-refractivity contribution in [3.05, 3.63) is 93.7 Å². The summed E-state index contributed by atoms with van der Waals surface area (Å²) in [4.78, 5) is 0. The van der Waals surface area contributed by atoms with Crippen molar-refractivity contribution >= 4 is 11.3 Å². The van der Waals surface area contributed by atoms with Gasteiger partial charge in [-0.25, -0.2) is 0 Å². The quantitative estimate of drug-likeness (QED) is 0.638. The van der Waals surface area contributed by atoms with Crippen LogP contribution in [0, 0.1) is 5.38 Å². The van der Waals surface area contributed by atoms with Gasteiger partial charge in [-0.15, -0.1) is 11.3 Å². The van der Waals surface area contributed by atoms with Crippen molar-refractivity contribution in [1.29, 1.82) is 0 Å². The van der Waals surface area contributed by atoms with Gasteiger partial charge < -0.3 is 0 Å². The molecule has 3 aromatic rings. The fourth-order valence-corrected chi connectivity index (χ4v) is 2.99. The predicted molar refractivity (Wildman–Crippen MR) is 81.7 cm³/mol. The first-order valence-electron chi connectivity index (χ1n) is 6.46. The average molecular weight is 263 g/mol. The molecule has 2 aromatic carbocycles. The maximum atomic E-state index is 3.42. The number of hydrogen-bond acceptors (Lipinski definition) is 1. The first-order chi connectivity index (χ1) is 9.42. The van der Waals surface area contributed by atoms with E-state index in [-0.39, 0.29) is 0 Å². The van der Waals surface area contributed by atoms with E-state index < -0.39 is 0 Å². The van der Waals surface area contributed by atoms with Crippen LogP contribution in [0.1, 0.15) is 22.3 Å². The molecule has 0 bridgehead atoms. The molecule has 1 heteroatoms. The van der Waals surface area contributed by atoms with Gasteiger partial charge in [0.2, 0.25) is 0 Å². The second-order valence-corrected chi connectivity index (χ2v) is 5.34. The van der Waals surface area contributed by atoms with Crippen molar-refractivity contribution < 1.29 is 0 Å². The van der Waals surface area contributed by atoms with Crippen LogP contribution in [0.2, 0.25) is 0 Å². The Morgan fingerprint density at radius 1 is 0.737 bits per heavy atom. The third-order valence-corrected chi connectivity index (χ3v) is 4.00. The van der Waals surface area contributed by atoms with Crippen LogP contribution in [-0.4, -0.2) is 0 Å². The van der Waals surface area contributed by atoms with Gasteiger partial charge in [-0.3, -0.25) is 0 Å². The normalized spacial score (nSPS) is 10.5. The van der Waals surface area contributed by atoms with E-state index in [9.17, 15) is 0 Å². The smallest absolute Gasteiger partial charge is 0.0483 e. The van der Waals surface area contributed by atoms with Gasteiger partial charge in [-0.2, -0.15) is 0 Å². The molecule has 0 nitrogen and oxygen atoms in total. The molecular formula is C18H15S. The zero-order chi connectivity index (χ0) is 12.9. The Labute approximate surface area is 118 Å². The van der Waals surface area contributed by atoms with Gasteiger partial charge in [0, 0.05) is 5.38 Å². The zero-order valence-electron chi connectivity index (χ0n) is 10.7. The van der Waals surface area contributed by atoms with Crippen molar-refractivity contribution in [1.82, 2.24) is 0 Å². The van der Waals surface area contributed by atoms with E-state index in [0.29, 0.717) is 0 Å². The van der Waals surface area contributed by atoms with Crippen molar-refractivity contribution in [2.45, 2.75) is 12.8 Å². The highest BCUT2D eigenvalue weighted by Crippen LogP contribution is 2.21. The van der Waals surface area contributed by atoms with E-state index in [1.807, 2.05) is 0 Å². The predicted octanol–water partition coefficient (Wildman–Crippen LogP) is 4.73. The fraction of sp³-hybridized carbons (Fsp3) is 0.111. The molecule has 93 valence electrons. The van der Waals surface area contributed by atoms with Gasteiger partial charge in [0.25, 0.3) is 0 Å². The monoisotopic (exact) mass is 263 g/mol. The van der Waals surface area contributed by atoms with Crippen LogP contribution in [-0.2, 0) is 12.8 Å². The maximum absolute atomic E-state index is 3.42. The molecule has 0 fully saturated rings. The molecule has 1 aromatic heterocycles. The number of hydrogen-bond donors (Lipinski definition) is 0. The summed E-state index contributed by atoms with van der Waals surface area (Å²) in [7, 11) is 0. The van der Waals surface area contributed by atoms with Crippen molar-refractivity contribution in [2.75, 3.05) is 0 Å². The summed E-state index contributed by atoms with van der Waals surface area (Å²) in [6.45, 7) is 0. The van der Waals surface area contributed by atoms with E-state index in [4.69, 9.17) is 0 Å². The minimum absolute atomic E-state index is 0.979. The SMILES string of the molecule is [c]1scc(Cc2ccccc2)c1Cc1ccccc1. The summed E-state index contributed by atoms with van der Waals surface area (Å²) in [5.74, 6) is 0. The molecule has 0 spiro atoms. The molecule has 0 saturated carbocycles. The zero-order valence-corrected chi connectivity index (χ0v) is 11.5. The molecule has 1 radical (unpaired) electrons. The van der Waals surface area contributed by atoms with Crippen LogP contribution in [0.25, 0.3) is 0 Å². The average Bonchev–Trinajstić information content (AvgIpc) is 2.88. The molecule has 0 unspecified atom stereocenters. The second-order valence-electron chi connectivity index (χ2n) is 4.67. The van der Waals surface area contributed by atoms with E-state index >= 15 is 0 Å². The number of thiophene rings is 1. The summed E-state index contributed by atoms with van der Waals surface area (Å²) in [5, 5.41) is 5.64. The van der Waals surface area contributed by atoms with Crippen LogP contribution >= 0.6 is 11.3 Å². The Kier molecular flexibility index (Phi) is 3.75. The standard InChI is InChI=1S/C18H15S/c1-3-7-15(8-4-1)11-17-13-19-14-18(17)12-16-9-5-2-6-10-16/h1-10,13H,11-12H2. The lowest BCUT2D eigenvalue weighted by atomic mass is 9.99. The summed E-state index contributed by atoms with van der Waals surface area (Å²) in [6.07, 6.45) is 1.98. The van der Waals surface area contributed by atoms with Gasteiger partial charge in [-0.1, -0.05) is 60.7 Å². The molecule has 19 heavy (non-hydrogen) atoms. The summed E-state index contributed by atoms with van der Waals surface area (Å²) < 4.78 is 0. The topological polar surface area (TPSA) is 0 Å². The molecule has 0 amide bonds. The van der Waals surface area contributed by atoms with E-state index in [1.54, 1.807) is 11.3 Å². The van der Waals surface area contributed by atoms with Gasteiger partial charge in [0.1, 0.15) is 0 Å². The molecule has 0 N–H and O–H groups in total. The van der Waals surface area contributed by atoms with Crippen molar-refractivity contribution in [3.63, 3.8) is 0 Å². The lowest BCUT2D eigenvalue weighted by molar-refractivity contribution is 1.11. The second kappa shape index (κ2) is 5.85. The largest absolute Gasteiger partial charge is 0.142 e. The molecule has 0 saturated heterocycles. The van der Waals surface area contributed by atoms with Gasteiger partial charge in [0.15, 0.2) is 0 Å². The molecule has 0 atom stereocenters. The Hall–Kier alpha value is -1.86. The van der Waals surface area contributed by atoms with Crippen LogP contribution < -0.4 is 0 Å². The first kappa shape index (κ1) is 12.2. The van der Waals surface area contributed by atoms with Gasteiger partial charge in [0.05, 0.1) is 0 Å². The van der Waals surface area contributed by atoms with Crippen molar-refractivity contribution in [3.8, 4) is 0 Å². The van der Waals surface area contributed by atoms with Crippen molar-refractivity contribution in [2.24, 2.45) is 0 Å². The van der Waals surface area contributed by atoms with Gasteiger partial charge >= 0.3 is 0 Å². The van der Waals surface area contributed by atoms with Gasteiger partial charge in [-0.05, 0) is 40.5 Å². The third kappa shape index (κ3) is 3.12. The molecule has 0 aliphatic rings. The highest BCUT2D eigenvalue weighted by atomic mass is 32.1. The Morgan fingerprint density at radius 2 is 1.32 bits per heavy atom. The van der Waals surface area contributed by atoms with Crippen LogP contribution in [0.15, 0.2) is 66.0 Å². The number of benzene rings is 2. The highest BCUT2D eigenvalue weighted by molar-refractivity contribution is 7.07. The Bertz CT molecular complexity index is 567. The van der Waals surface area contributed by atoms with Crippen LogP contribution in [0.5, 0.6) is 0 Å². The third-order valence-electron chi connectivity index (χ3n) is 3.23. The lowest BCUT2D eigenvalue weighted by Crippen LogP contribution is -1.93. The Balaban J connectivity index is 1.79. The summed E-state index contributed by atoms with van der Waals surface area (Å²) in [5.41, 5.74) is 5.45.